The van der Waals surface area contributed by atoms with Gasteiger partial charge in [0.15, 0.2) is 0 Å². The molecule has 5 heteroatoms. The van der Waals surface area contributed by atoms with E-state index < -0.39 is 0 Å². The minimum atomic E-state index is 0.0162. The summed E-state index contributed by atoms with van der Waals surface area (Å²) in [6.45, 7) is 4.43. The van der Waals surface area contributed by atoms with Crippen molar-refractivity contribution in [3.8, 4) is 0 Å². The molecule has 1 heterocycles. The van der Waals surface area contributed by atoms with E-state index in [0.29, 0.717) is 17.9 Å². The van der Waals surface area contributed by atoms with Crippen LogP contribution in [0.3, 0.4) is 0 Å². The highest BCUT2D eigenvalue weighted by molar-refractivity contribution is 7.99. The van der Waals surface area contributed by atoms with E-state index >= 15 is 0 Å². The van der Waals surface area contributed by atoms with Gasteiger partial charge in [-0.25, -0.2) is 0 Å². The molecular formula is C14H21N3OS. The van der Waals surface area contributed by atoms with Gasteiger partial charge in [0.2, 0.25) is 5.91 Å². The Labute approximate surface area is 118 Å². The molecule has 19 heavy (non-hydrogen) atoms. The van der Waals surface area contributed by atoms with Crippen LogP contribution >= 0.6 is 11.8 Å². The fraction of sp³-hybridized carbons (Fsp3) is 0.500. The van der Waals surface area contributed by atoms with Crippen LogP contribution < -0.4 is 11.1 Å². The van der Waals surface area contributed by atoms with Crippen molar-refractivity contribution in [1.82, 2.24) is 4.90 Å². The molecule has 3 N–H and O–H groups in total. The van der Waals surface area contributed by atoms with Gasteiger partial charge in [-0.05, 0) is 43.3 Å². The van der Waals surface area contributed by atoms with Crippen molar-refractivity contribution < 1.29 is 4.79 Å². The Morgan fingerprint density at radius 3 is 3.05 bits per heavy atom. The zero-order valence-electron chi connectivity index (χ0n) is 11.3. The fourth-order valence-corrected chi connectivity index (χ4v) is 3.07. The average molecular weight is 279 g/mol. The number of carbonyl (C=O) groups is 1. The molecule has 0 radical (unpaired) electrons. The lowest BCUT2D eigenvalue weighted by Gasteiger charge is -2.19. The largest absolute Gasteiger partial charge is 0.397 e. The Kier molecular flexibility index (Phi) is 5.10. The van der Waals surface area contributed by atoms with Gasteiger partial charge in [0.05, 0.1) is 17.9 Å². The predicted octanol–water partition coefficient (Wildman–Crippen LogP) is 1.95. The third kappa shape index (κ3) is 4.44. The lowest BCUT2D eigenvalue weighted by molar-refractivity contribution is -0.117. The Balaban J connectivity index is 1.89. The molecular weight excluding hydrogens is 258 g/mol. The van der Waals surface area contributed by atoms with E-state index in [1.54, 1.807) is 0 Å². The van der Waals surface area contributed by atoms with E-state index in [-0.39, 0.29) is 5.91 Å². The number of thioether (sulfide) groups is 1. The third-order valence-corrected chi connectivity index (χ3v) is 4.21. The molecule has 0 bridgehead atoms. The number of hydrogen-bond donors (Lipinski definition) is 2. The first kappa shape index (κ1) is 14.2. The predicted molar refractivity (Wildman–Crippen MR) is 82.6 cm³/mol. The van der Waals surface area contributed by atoms with E-state index in [1.807, 2.05) is 36.9 Å². The maximum absolute atomic E-state index is 12.0. The Bertz CT molecular complexity index is 442. The number of aryl methyl sites for hydroxylation is 1. The van der Waals surface area contributed by atoms with Crippen LogP contribution in [0.15, 0.2) is 18.2 Å². The van der Waals surface area contributed by atoms with Crippen molar-refractivity contribution in [2.75, 3.05) is 42.2 Å². The number of anilines is 2. The van der Waals surface area contributed by atoms with E-state index in [1.165, 1.54) is 5.75 Å². The Morgan fingerprint density at radius 2 is 2.26 bits per heavy atom. The lowest BCUT2D eigenvalue weighted by atomic mass is 10.2. The number of hydrogen-bond acceptors (Lipinski definition) is 4. The van der Waals surface area contributed by atoms with Gasteiger partial charge >= 0.3 is 0 Å². The van der Waals surface area contributed by atoms with Crippen LogP contribution in [0.4, 0.5) is 11.4 Å². The molecule has 0 aliphatic carbocycles. The van der Waals surface area contributed by atoms with Crippen LogP contribution in [0.25, 0.3) is 0 Å². The summed E-state index contributed by atoms with van der Waals surface area (Å²) in [4.78, 5) is 14.2. The number of nitrogens with one attached hydrogen (secondary N) is 1. The molecule has 0 aromatic heterocycles. The summed E-state index contributed by atoms with van der Waals surface area (Å²) in [6.07, 6.45) is 1.16. The van der Waals surface area contributed by atoms with Crippen molar-refractivity contribution in [1.29, 1.82) is 0 Å². The number of nitrogens with two attached hydrogens (primary N) is 1. The maximum atomic E-state index is 12.0. The van der Waals surface area contributed by atoms with Crippen LogP contribution in [0, 0.1) is 6.92 Å². The highest BCUT2D eigenvalue weighted by Gasteiger charge is 2.13. The van der Waals surface area contributed by atoms with Crippen LogP contribution in [-0.2, 0) is 4.79 Å². The molecule has 1 aromatic rings. The van der Waals surface area contributed by atoms with E-state index in [2.05, 4.69) is 10.2 Å². The van der Waals surface area contributed by atoms with Crippen molar-refractivity contribution in [2.45, 2.75) is 13.3 Å². The molecule has 1 aliphatic heterocycles. The second-order valence-corrected chi connectivity index (χ2v) is 6.11. The SMILES string of the molecule is Cc1ccc(NC(=O)CN2CCCSCC2)c(N)c1. The maximum Gasteiger partial charge on any atom is 0.238 e. The minimum absolute atomic E-state index is 0.0162. The fourth-order valence-electron chi connectivity index (χ4n) is 2.14. The van der Waals surface area contributed by atoms with Gasteiger partial charge in [-0.15, -0.1) is 0 Å². The number of amides is 1. The number of carbonyl (C=O) groups excluding carboxylic acids is 1. The zero-order chi connectivity index (χ0) is 13.7. The quantitative estimate of drug-likeness (QED) is 0.830. The smallest absolute Gasteiger partial charge is 0.238 e. The molecule has 1 aliphatic rings. The first-order valence-corrected chi connectivity index (χ1v) is 7.77. The molecule has 0 spiro atoms. The van der Waals surface area contributed by atoms with Gasteiger partial charge in [0.1, 0.15) is 0 Å². The van der Waals surface area contributed by atoms with Crippen molar-refractivity contribution in [2.24, 2.45) is 0 Å². The average Bonchev–Trinajstić information content (AvgIpc) is 2.61. The number of nitrogens with zero attached hydrogens (tertiary/aromatic N) is 1. The molecule has 1 saturated heterocycles. The highest BCUT2D eigenvalue weighted by atomic mass is 32.2. The molecule has 4 nitrogen and oxygen atoms in total. The molecule has 0 atom stereocenters. The van der Waals surface area contributed by atoms with Gasteiger partial charge in [0.25, 0.3) is 0 Å². The summed E-state index contributed by atoms with van der Waals surface area (Å²) in [7, 11) is 0. The molecule has 0 unspecified atom stereocenters. The summed E-state index contributed by atoms with van der Waals surface area (Å²) in [5, 5.41) is 2.89. The standard InChI is InChI=1S/C14H21N3OS/c1-11-3-4-13(12(15)9-11)16-14(18)10-17-5-2-7-19-8-6-17/h3-4,9H,2,5-8,10,15H2,1H3,(H,16,18). The molecule has 1 fully saturated rings. The highest BCUT2D eigenvalue weighted by Crippen LogP contribution is 2.19. The van der Waals surface area contributed by atoms with E-state index in [4.69, 9.17) is 5.73 Å². The summed E-state index contributed by atoms with van der Waals surface area (Å²) in [5.74, 6) is 2.32. The van der Waals surface area contributed by atoms with Gasteiger partial charge in [-0.3, -0.25) is 9.69 Å². The monoisotopic (exact) mass is 279 g/mol. The van der Waals surface area contributed by atoms with Gasteiger partial charge < -0.3 is 11.1 Å². The molecule has 104 valence electrons. The summed E-state index contributed by atoms with van der Waals surface area (Å²) in [6, 6.07) is 5.69. The number of benzene rings is 1. The third-order valence-electron chi connectivity index (χ3n) is 3.16. The van der Waals surface area contributed by atoms with E-state index in [0.717, 1.165) is 30.8 Å². The zero-order valence-corrected chi connectivity index (χ0v) is 12.1. The molecule has 2 rings (SSSR count). The summed E-state index contributed by atoms with van der Waals surface area (Å²) in [5.41, 5.74) is 8.33. The van der Waals surface area contributed by atoms with Crippen LogP contribution in [0.2, 0.25) is 0 Å². The molecule has 1 aromatic carbocycles. The Hall–Kier alpha value is -1.20. The van der Waals surface area contributed by atoms with Crippen molar-refractivity contribution in [3.63, 3.8) is 0 Å². The first-order valence-electron chi connectivity index (χ1n) is 6.61. The van der Waals surface area contributed by atoms with Crippen molar-refractivity contribution in [3.05, 3.63) is 23.8 Å². The van der Waals surface area contributed by atoms with Crippen molar-refractivity contribution >= 4 is 29.0 Å². The molecule has 0 saturated carbocycles. The minimum Gasteiger partial charge on any atom is -0.397 e. The van der Waals surface area contributed by atoms with Gasteiger partial charge in [-0.1, -0.05) is 6.07 Å². The van der Waals surface area contributed by atoms with Crippen LogP contribution in [0.5, 0.6) is 0 Å². The Morgan fingerprint density at radius 1 is 1.42 bits per heavy atom. The van der Waals surface area contributed by atoms with E-state index in [9.17, 15) is 4.79 Å². The lowest BCUT2D eigenvalue weighted by Crippen LogP contribution is -2.34. The first-order chi connectivity index (χ1) is 9.15. The molecule has 1 amide bonds. The van der Waals surface area contributed by atoms with Crippen LogP contribution in [0.1, 0.15) is 12.0 Å². The van der Waals surface area contributed by atoms with Crippen LogP contribution in [-0.4, -0.2) is 41.9 Å². The normalized spacial score (nSPS) is 16.9. The second-order valence-electron chi connectivity index (χ2n) is 4.88. The summed E-state index contributed by atoms with van der Waals surface area (Å²) >= 11 is 1.96. The topological polar surface area (TPSA) is 58.4 Å². The van der Waals surface area contributed by atoms with Gasteiger partial charge in [-0.2, -0.15) is 11.8 Å². The number of nitrogen functional groups attached to an aromatic ring is 1. The number of rotatable bonds is 3. The summed E-state index contributed by atoms with van der Waals surface area (Å²) < 4.78 is 0. The second kappa shape index (κ2) is 6.82. The van der Waals surface area contributed by atoms with Gasteiger partial charge in [0, 0.05) is 12.3 Å².